The van der Waals surface area contributed by atoms with Gasteiger partial charge in [0.2, 0.25) is 0 Å². The Hall–Kier alpha value is -2.01. The number of nitrogens with one attached hydrogen (secondary N) is 1. The van der Waals surface area contributed by atoms with Crippen LogP contribution in [0.3, 0.4) is 0 Å². The zero-order chi connectivity index (χ0) is 13.0. The van der Waals surface area contributed by atoms with Crippen LogP contribution in [0.1, 0.15) is 18.9 Å². The van der Waals surface area contributed by atoms with Crippen molar-refractivity contribution >= 4 is 28.5 Å². The second-order valence-corrected chi connectivity index (χ2v) is 5.25. The maximum atomic E-state index is 6.33. The number of imidazole rings is 1. The highest BCUT2D eigenvalue weighted by atomic mass is 35.5. The van der Waals surface area contributed by atoms with Gasteiger partial charge >= 0.3 is 0 Å². The summed E-state index contributed by atoms with van der Waals surface area (Å²) in [4.78, 5) is 4.68. The van der Waals surface area contributed by atoms with E-state index in [1.807, 2.05) is 18.2 Å². The van der Waals surface area contributed by atoms with E-state index in [0.29, 0.717) is 11.9 Å². The molecular formula is C13H12ClN5. The lowest BCUT2D eigenvalue weighted by Crippen LogP contribution is -1.99. The second-order valence-electron chi connectivity index (χ2n) is 4.84. The number of rotatable bonds is 2. The molecule has 0 radical (unpaired) electrons. The predicted molar refractivity (Wildman–Crippen MR) is 75.0 cm³/mol. The lowest BCUT2D eigenvalue weighted by atomic mass is 10.3. The summed E-state index contributed by atoms with van der Waals surface area (Å²) < 4.78 is 2.19. The van der Waals surface area contributed by atoms with Crippen molar-refractivity contribution in [2.24, 2.45) is 0 Å². The molecule has 1 aromatic carbocycles. The van der Waals surface area contributed by atoms with Gasteiger partial charge in [0.15, 0.2) is 0 Å². The van der Waals surface area contributed by atoms with Crippen LogP contribution < -0.4 is 5.73 Å². The molecule has 3 aromatic rings. The summed E-state index contributed by atoms with van der Waals surface area (Å²) in [5, 5.41) is 7.46. The third-order valence-corrected chi connectivity index (χ3v) is 3.79. The maximum Gasteiger partial charge on any atom is 0.146 e. The fraction of sp³-hybridized carbons (Fsp3) is 0.231. The highest BCUT2D eigenvalue weighted by Gasteiger charge is 2.30. The van der Waals surface area contributed by atoms with E-state index in [-0.39, 0.29) is 0 Å². The Bertz CT molecular complexity index is 769. The summed E-state index contributed by atoms with van der Waals surface area (Å²) in [7, 11) is 0. The normalized spacial score (nSPS) is 15.2. The Labute approximate surface area is 114 Å². The first kappa shape index (κ1) is 10.9. The van der Waals surface area contributed by atoms with Crippen LogP contribution in [0.25, 0.3) is 22.4 Å². The molecular weight excluding hydrogens is 262 g/mol. The van der Waals surface area contributed by atoms with Gasteiger partial charge in [0.25, 0.3) is 0 Å². The van der Waals surface area contributed by atoms with Crippen molar-refractivity contribution in [2.75, 3.05) is 5.73 Å². The molecule has 0 atom stereocenters. The van der Waals surface area contributed by atoms with Crippen LogP contribution in [0.15, 0.2) is 24.4 Å². The minimum absolute atomic E-state index is 0.467. The molecule has 1 aliphatic rings. The number of hydrogen-bond acceptors (Lipinski definition) is 3. The van der Waals surface area contributed by atoms with E-state index in [0.717, 1.165) is 40.3 Å². The number of halogens is 1. The smallest absolute Gasteiger partial charge is 0.146 e. The Morgan fingerprint density at radius 1 is 1.37 bits per heavy atom. The summed E-state index contributed by atoms with van der Waals surface area (Å²) in [5.41, 5.74) is 8.64. The number of aromatic nitrogens is 4. The second kappa shape index (κ2) is 3.74. The number of anilines is 1. The number of benzene rings is 1. The first-order valence-electron chi connectivity index (χ1n) is 6.21. The van der Waals surface area contributed by atoms with Crippen molar-refractivity contribution in [3.8, 4) is 11.4 Å². The van der Waals surface area contributed by atoms with Gasteiger partial charge in [0, 0.05) is 6.04 Å². The van der Waals surface area contributed by atoms with E-state index in [9.17, 15) is 0 Å². The number of H-pyrrole nitrogens is 1. The summed E-state index contributed by atoms with van der Waals surface area (Å²) in [5.74, 6) is 1.38. The predicted octanol–water partition coefficient (Wildman–Crippen LogP) is 3.00. The van der Waals surface area contributed by atoms with Gasteiger partial charge < -0.3 is 10.3 Å². The van der Waals surface area contributed by atoms with Gasteiger partial charge in [-0.05, 0) is 25.0 Å². The number of hydrogen-bond donors (Lipinski definition) is 2. The molecule has 1 aliphatic carbocycles. The SMILES string of the molecule is Nc1[nH]ncc1-c1nc2cccc(Cl)c2n1C1CC1. The lowest BCUT2D eigenvalue weighted by molar-refractivity contribution is 0.775. The third kappa shape index (κ3) is 1.55. The molecule has 0 bridgehead atoms. The quantitative estimate of drug-likeness (QED) is 0.754. The van der Waals surface area contributed by atoms with Crippen molar-refractivity contribution in [2.45, 2.75) is 18.9 Å². The van der Waals surface area contributed by atoms with E-state index in [1.54, 1.807) is 6.20 Å². The molecule has 0 aliphatic heterocycles. The average molecular weight is 274 g/mol. The van der Waals surface area contributed by atoms with E-state index in [1.165, 1.54) is 0 Å². The van der Waals surface area contributed by atoms with E-state index >= 15 is 0 Å². The third-order valence-electron chi connectivity index (χ3n) is 3.48. The number of nitrogens with zero attached hydrogens (tertiary/aromatic N) is 3. The van der Waals surface area contributed by atoms with Crippen LogP contribution >= 0.6 is 11.6 Å². The summed E-state index contributed by atoms with van der Waals surface area (Å²) in [6.07, 6.45) is 4.02. The standard InChI is InChI=1S/C13H12ClN5/c14-9-2-1-3-10-11(9)19(7-4-5-7)13(17-10)8-6-16-18-12(8)15/h1-3,6-7H,4-5H2,(H3,15,16,18). The first-order valence-corrected chi connectivity index (χ1v) is 6.59. The zero-order valence-corrected chi connectivity index (χ0v) is 10.9. The fourth-order valence-electron chi connectivity index (χ4n) is 2.46. The van der Waals surface area contributed by atoms with Crippen molar-refractivity contribution < 1.29 is 0 Å². The Balaban J connectivity index is 2.08. The summed E-state index contributed by atoms with van der Waals surface area (Å²) in [6.45, 7) is 0. The molecule has 6 heteroatoms. The zero-order valence-electron chi connectivity index (χ0n) is 10.1. The Morgan fingerprint density at radius 3 is 2.89 bits per heavy atom. The van der Waals surface area contributed by atoms with E-state index < -0.39 is 0 Å². The van der Waals surface area contributed by atoms with Gasteiger partial charge in [0.05, 0.1) is 27.8 Å². The number of fused-ring (bicyclic) bond motifs is 1. The fourth-order valence-corrected chi connectivity index (χ4v) is 2.72. The van der Waals surface area contributed by atoms with Gasteiger partial charge in [-0.3, -0.25) is 5.10 Å². The highest BCUT2D eigenvalue weighted by molar-refractivity contribution is 6.35. The lowest BCUT2D eigenvalue weighted by Gasteiger charge is -2.07. The molecule has 1 fully saturated rings. The van der Waals surface area contributed by atoms with Gasteiger partial charge in [-0.2, -0.15) is 5.10 Å². The molecule has 5 nitrogen and oxygen atoms in total. The monoisotopic (exact) mass is 273 g/mol. The van der Waals surface area contributed by atoms with Crippen LogP contribution in [-0.4, -0.2) is 19.7 Å². The molecule has 4 rings (SSSR count). The van der Waals surface area contributed by atoms with Gasteiger partial charge in [-0.1, -0.05) is 17.7 Å². The molecule has 3 N–H and O–H groups in total. The van der Waals surface area contributed by atoms with E-state index in [4.69, 9.17) is 17.3 Å². The largest absolute Gasteiger partial charge is 0.383 e. The molecule has 2 heterocycles. The van der Waals surface area contributed by atoms with Crippen LogP contribution in [0.5, 0.6) is 0 Å². The molecule has 0 amide bonds. The Kier molecular flexibility index (Phi) is 2.14. The van der Waals surface area contributed by atoms with Crippen molar-refractivity contribution in [1.82, 2.24) is 19.7 Å². The highest BCUT2D eigenvalue weighted by Crippen LogP contribution is 2.43. The van der Waals surface area contributed by atoms with Crippen LogP contribution in [0, 0.1) is 0 Å². The number of para-hydroxylation sites is 1. The summed E-state index contributed by atoms with van der Waals surface area (Å²) >= 11 is 6.33. The number of nitrogen functional groups attached to an aromatic ring is 1. The van der Waals surface area contributed by atoms with Crippen LogP contribution in [0.4, 0.5) is 5.82 Å². The average Bonchev–Trinajstić information content (AvgIpc) is 3.02. The van der Waals surface area contributed by atoms with E-state index in [2.05, 4.69) is 19.7 Å². The molecule has 2 aromatic heterocycles. The molecule has 0 unspecified atom stereocenters. The maximum absolute atomic E-state index is 6.33. The molecule has 1 saturated carbocycles. The van der Waals surface area contributed by atoms with Crippen molar-refractivity contribution in [1.29, 1.82) is 0 Å². The van der Waals surface area contributed by atoms with Crippen molar-refractivity contribution in [3.63, 3.8) is 0 Å². The van der Waals surface area contributed by atoms with Gasteiger partial charge in [-0.25, -0.2) is 4.98 Å². The topological polar surface area (TPSA) is 72.5 Å². The Morgan fingerprint density at radius 2 is 2.21 bits per heavy atom. The molecule has 0 saturated heterocycles. The minimum atomic E-state index is 0.467. The first-order chi connectivity index (χ1) is 9.25. The summed E-state index contributed by atoms with van der Waals surface area (Å²) in [6, 6.07) is 6.25. The van der Waals surface area contributed by atoms with Crippen molar-refractivity contribution in [3.05, 3.63) is 29.4 Å². The minimum Gasteiger partial charge on any atom is -0.383 e. The van der Waals surface area contributed by atoms with Gasteiger partial charge in [-0.15, -0.1) is 0 Å². The number of nitrogens with two attached hydrogens (primary N) is 1. The van der Waals surface area contributed by atoms with Crippen LogP contribution in [-0.2, 0) is 0 Å². The van der Waals surface area contributed by atoms with Gasteiger partial charge in [0.1, 0.15) is 11.6 Å². The van der Waals surface area contributed by atoms with Crippen LogP contribution in [0.2, 0.25) is 5.02 Å². The molecule has 19 heavy (non-hydrogen) atoms. The molecule has 96 valence electrons. The molecule has 0 spiro atoms. The number of aromatic amines is 1.